The Morgan fingerprint density at radius 2 is 1.95 bits per heavy atom. The summed E-state index contributed by atoms with van der Waals surface area (Å²) in [7, 11) is 0. The van der Waals surface area contributed by atoms with Crippen molar-refractivity contribution in [2.24, 2.45) is 5.92 Å². The normalized spacial score (nSPS) is 29.4. The Bertz CT molecular complexity index is 326. The molecule has 3 aliphatic rings. The van der Waals surface area contributed by atoms with E-state index in [2.05, 4.69) is 22.0 Å². The zero-order valence-corrected chi connectivity index (χ0v) is 13.8. The summed E-state index contributed by atoms with van der Waals surface area (Å²) in [4.78, 5) is 16.9. The molecule has 1 aliphatic carbocycles. The molecule has 0 spiro atoms. The van der Waals surface area contributed by atoms with Crippen LogP contribution in [0, 0.1) is 5.92 Å². The number of piperazine rings is 1. The smallest absolute Gasteiger partial charge is 0.236 e. The van der Waals surface area contributed by atoms with Gasteiger partial charge < -0.3 is 10.2 Å². The van der Waals surface area contributed by atoms with Crippen LogP contribution < -0.4 is 5.32 Å². The molecule has 4 nitrogen and oxygen atoms in total. The maximum absolute atomic E-state index is 12.2. The summed E-state index contributed by atoms with van der Waals surface area (Å²) in [5, 5.41) is 3.32. The van der Waals surface area contributed by atoms with Gasteiger partial charge in [-0.3, -0.25) is 9.69 Å². The van der Waals surface area contributed by atoms with Gasteiger partial charge in [-0.25, -0.2) is 0 Å². The summed E-state index contributed by atoms with van der Waals surface area (Å²) in [5.41, 5.74) is 0. The van der Waals surface area contributed by atoms with Crippen LogP contribution in [0.25, 0.3) is 0 Å². The molecule has 0 aromatic rings. The second-order valence-corrected chi connectivity index (χ2v) is 6.26. The van der Waals surface area contributed by atoms with Gasteiger partial charge in [0.1, 0.15) is 0 Å². The summed E-state index contributed by atoms with van der Waals surface area (Å²) in [5.74, 6) is 1.15. The molecule has 0 radical (unpaired) electrons. The molecule has 6 heteroatoms. The van der Waals surface area contributed by atoms with Crippen LogP contribution in [-0.2, 0) is 4.79 Å². The molecule has 1 N–H and O–H groups in total. The maximum atomic E-state index is 12.2. The molecule has 0 bridgehead atoms. The van der Waals surface area contributed by atoms with Crippen LogP contribution in [0.5, 0.6) is 0 Å². The Hall–Kier alpha value is -0.0300. The first-order chi connectivity index (χ1) is 8.74. The van der Waals surface area contributed by atoms with E-state index in [0.717, 1.165) is 25.6 Å². The molecule has 3 fully saturated rings. The molecule has 20 heavy (non-hydrogen) atoms. The molecule has 0 aromatic carbocycles. The molecule has 2 unspecified atom stereocenters. The van der Waals surface area contributed by atoms with Crippen LogP contribution in [0.15, 0.2) is 0 Å². The molecule has 2 saturated heterocycles. The highest BCUT2D eigenvalue weighted by Crippen LogP contribution is 2.27. The van der Waals surface area contributed by atoms with Crippen molar-refractivity contribution in [1.29, 1.82) is 0 Å². The monoisotopic (exact) mass is 323 g/mol. The highest BCUT2D eigenvalue weighted by molar-refractivity contribution is 5.85. The van der Waals surface area contributed by atoms with Crippen LogP contribution in [-0.4, -0.2) is 60.5 Å². The minimum absolute atomic E-state index is 0. The molecule has 3 rings (SSSR count). The van der Waals surface area contributed by atoms with Crippen molar-refractivity contribution in [3.63, 3.8) is 0 Å². The summed E-state index contributed by atoms with van der Waals surface area (Å²) in [6.07, 6.45) is 5.27. The van der Waals surface area contributed by atoms with Gasteiger partial charge in [0.05, 0.1) is 6.54 Å². The number of nitrogens with one attached hydrogen (secondary N) is 1. The molecular weight excluding hydrogens is 297 g/mol. The summed E-state index contributed by atoms with van der Waals surface area (Å²) >= 11 is 0. The van der Waals surface area contributed by atoms with Crippen molar-refractivity contribution < 1.29 is 4.79 Å². The highest BCUT2D eigenvalue weighted by atomic mass is 35.5. The fraction of sp³-hybridized carbons (Fsp3) is 0.929. The van der Waals surface area contributed by atoms with Crippen LogP contribution >= 0.6 is 24.8 Å². The van der Waals surface area contributed by atoms with E-state index < -0.39 is 0 Å². The van der Waals surface area contributed by atoms with Gasteiger partial charge in [0.2, 0.25) is 5.91 Å². The molecule has 2 atom stereocenters. The molecule has 1 amide bonds. The quantitative estimate of drug-likeness (QED) is 0.852. The zero-order chi connectivity index (χ0) is 12.5. The van der Waals surface area contributed by atoms with Gasteiger partial charge in [-0.15, -0.1) is 24.8 Å². The van der Waals surface area contributed by atoms with E-state index >= 15 is 0 Å². The van der Waals surface area contributed by atoms with Gasteiger partial charge in [-0.2, -0.15) is 0 Å². The third-order valence-electron chi connectivity index (χ3n) is 4.66. The number of carbonyl (C=O) groups is 1. The predicted octanol–water partition coefficient (Wildman–Crippen LogP) is 1.52. The Kier molecular flexibility index (Phi) is 7.06. The van der Waals surface area contributed by atoms with Gasteiger partial charge in [0.15, 0.2) is 0 Å². The number of halogens is 2. The van der Waals surface area contributed by atoms with Crippen molar-refractivity contribution in [3.05, 3.63) is 0 Å². The van der Waals surface area contributed by atoms with E-state index in [4.69, 9.17) is 0 Å². The number of hydrogen-bond donors (Lipinski definition) is 1. The number of fused-ring (bicyclic) bond motifs is 1. The first-order valence-corrected chi connectivity index (χ1v) is 7.48. The molecule has 1 saturated carbocycles. The molecular formula is C14H27Cl2N3O. The number of hydrogen-bond acceptors (Lipinski definition) is 3. The van der Waals surface area contributed by atoms with Crippen molar-refractivity contribution in [2.45, 2.75) is 44.7 Å². The summed E-state index contributed by atoms with van der Waals surface area (Å²) in [6.45, 7) is 7.01. The van der Waals surface area contributed by atoms with Crippen LogP contribution in [0.2, 0.25) is 0 Å². The zero-order valence-electron chi connectivity index (χ0n) is 12.2. The van der Waals surface area contributed by atoms with E-state index in [-0.39, 0.29) is 24.8 Å². The molecule has 0 aromatic heterocycles. The van der Waals surface area contributed by atoms with Gasteiger partial charge in [-0.05, 0) is 51.6 Å². The Morgan fingerprint density at radius 3 is 2.65 bits per heavy atom. The van der Waals surface area contributed by atoms with E-state index in [9.17, 15) is 4.79 Å². The van der Waals surface area contributed by atoms with E-state index in [1.807, 2.05) is 0 Å². The maximum Gasteiger partial charge on any atom is 0.236 e. The number of carbonyl (C=O) groups excluding carboxylic acids is 1. The minimum atomic E-state index is 0. The number of amides is 1. The second kappa shape index (κ2) is 7.83. The second-order valence-electron chi connectivity index (χ2n) is 6.26. The summed E-state index contributed by atoms with van der Waals surface area (Å²) in [6, 6.07) is 1.02. The predicted molar refractivity (Wildman–Crippen MR) is 85.9 cm³/mol. The Labute approximate surface area is 134 Å². The Morgan fingerprint density at radius 1 is 1.20 bits per heavy atom. The minimum Gasteiger partial charge on any atom is -0.336 e. The first kappa shape index (κ1) is 18.0. The number of nitrogens with zero attached hydrogens (tertiary/aromatic N) is 2. The number of rotatable bonds is 4. The van der Waals surface area contributed by atoms with Crippen molar-refractivity contribution in [2.75, 3.05) is 32.7 Å². The van der Waals surface area contributed by atoms with Crippen molar-refractivity contribution >= 4 is 30.7 Å². The van der Waals surface area contributed by atoms with E-state index in [1.54, 1.807) is 0 Å². The first-order valence-electron chi connectivity index (χ1n) is 7.48. The average molecular weight is 324 g/mol. The van der Waals surface area contributed by atoms with E-state index in [0.29, 0.717) is 24.5 Å². The average Bonchev–Trinajstić information content (AvgIpc) is 3.05. The Balaban J connectivity index is 0.000001000. The third-order valence-corrected chi connectivity index (χ3v) is 4.66. The fourth-order valence-electron chi connectivity index (χ4n) is 3.34. The van der Waals surface area contributed by atoms with Crippen molar-refractivity contribution in [3.8, 4) is 0 Å². The van der Waals surface area contributed by atoms with Crippen molar-refractivity contribution in [1.82, 2.24) is 15.1 Å². The van der Waals surface area contributed by atoms with Gasteiger partial charge in [0, 0.05) is 25.2 Å². The molecule has 2 aliphatic heterocycles. The lowest BCUT2D eigenvalue weighted by Gasteiger charge is -2.42. The third kappa shape index (κ3) is 4.23. The lowest BCUT2D eigenvalue weighted by molar-refractivity contribution is -0.135. The van der Waals surface area contributed by atoms with Crippen LogP contribution in [0.1, 0.15) is 32.6 Å². The van der Waals surface area contributed by atoms with Gasteiger partial charge >= 0.3 is 0 Å². The topological polar surface area (TPSA) is 35.6 Å². The van der Waals surface area contributed by atoms with E-state index in [1.165, 1.54) is 32.2 Å². The summed E-state index contributed by atoms with van der Waals surface area (Å²) < 4.78 is 0. The largest absolute Gasteiger partial charge is 0.336 e. The van der Waals surface area contributed by atoms with Crippen LogP contribution in [0.3, 0.4) is 0 Å². The molecule has 2 heterocycles. The lowest BCUT2D eigenvalue weighted by atomic mass is 10.1. The standard InChI is InChI=1S/C14H25N3O.2ClH/c1-11-9-16-6-2-3-13(16)10-17(11)14(18)8-15-7-12-4-5-12;;/h11-13,15H,2-10H2,1H3;2*1H. The van der Waals surface area contributed by atoms with Crippen LogP contribution in [0.4, 0.5) is 0 Å². The lowest BCUT2D eigenvalue weighted by Crippen LogP contribution is -2.58. The van der Waals surface area contributed by atoms with Gasteiger partial charge in [0.25, 0.3) is 0 Å². The molecule has 118 valence electrons. The highest BCUT2D eigenvalue weighted by Gasteiger charge is 2.36. The van der Waals surface area contributed by atoms with Gasteiger partial charge in [-0.1, -0.05) is 0 Å². The fourth-order valence-corrected chi connectivity index (χ4v) is 3.34. The SMILES string of the molecule is CC1CN2CCCC2CN1C(=O)CNCC1CC1.Cl.Cl.